The monoisotopic (exact) mass is 169 g/mol. The molecule has 3 heteroatoms. The fourth-order valence-electron chi connectivity index (χ4n) is 0.859. The van der Waals surface area contributed by atoms with Gasteiger partial charge in [-0.2, -0.15) is 0 Å². The first kappa shape index (κ1) is 10.9. The molecule has 0 spiro atoms. The van der Waals surface area contributed by atoms with Crippen molar-refractivity contribution in [1.29, 1.82) is 0 Å². The van der Waals surface area contributed by atoms with Gasteiger partial charge >= 0.3 is 0 Å². The number of carbonyl (C=O) groups excluding carboxylic acids is 2. The summed E-state index contributed by atoms with van der Waals surface area (Å²) in [6.07, 6.45) is 3.91. The van der Waals surface area contributed by atoms with Crippen molar-refractivity contribution in [2.75, 3.05) is 13.1 Å². The Kier molecular flexibility index (Phi) is 5.97. The van der Waals surface area contributed by atoms with Crippen LogP contribution in [0, 0.1) is 0 Å². The Morgan fingerprint density at radius 3 is 2.67 bits per heavy atom. The Labute approximate surface area is 73.1 Å². The van der Waals surface area contributed by atoms with E-state index in [1.165, 1.54) is 11.0 Å². The fraction of sp³-hybridized carbons (Fsp3) is 0.556. The summed E-state index contributed by atoms with van der Waals surface area (Å²) in [4.78, 5) is 22.7. The molecule has 0 aliphatic carbocycles. The summed E-state index contributed by atoms with van der Waals surface area (Å²) in [6.45, 7) is 6.21. The lowest BCUT2D eigenvalue weighted by Crippen LogP contribution is -2.31. The Morgan fingerprint density at radius 1 is 1.58 bits per heavy atom. The van der Waals surface area contributed by atoms with E-state index in [1.807, 2.05) is 6.92 Å². The van der Waals surface area contributed by atoms with Gasteiger partial charge in [-0.15, -0.1) is 0 Å². The van der Waals surface area contributed by atoms with E-state index in [0.29, 0.717) is 6.54 Å². The number of aldehydes is 1. The molecular formula is C9H15NO2. The molecule has 0 atom stereocenters. The van der Waals surface area contributed by atoms with Gasteiger partial charge in [0, 0.05) is 6.54 Å². The van der Waals surface area contributed by atoms with Crippen molar-refractivity contribution in [2.24, 2.45) is 0 Å². The normalized spacial score (nSPS) is 9.08. The third-order valence-corrected chi connectivity index (χ3v) is 1.56. The smallest absolute Gasteiger partial charge is 0.246 e. The first-order valence-electron chi connectivity index (χ1n) is 4.11. The van der Waals surface area contributed by atoms with Crippen molar-refractivity contribution >= 4 is 12.2 Å². The standard InChI is InChI=1S/C9H15NO2/c1-3-5-6-10(7-8-11)9(12)4-2/h4,8H,2-3,5-7H2,1H3. The van der Waals surface area contributed by atoms with Gasteiger partial charge < -0.3 is 9.69 Å². The molecule has 68 valence electrons. The number of amides is 1. The van der Waals surface area contributed by atoms with Crippen LogP contribution < -0.4 is 0 Å². The van der Waals surface area contributed by atoms with Crippen LogP contribution in [0.4, 0.5) is 0 Å². The van der Waals surface area contributed by atoms with Crippen LogP contribution >= 0.6 is 0 Å². The van der Waals surface area contributed by atoms with Crippen molar-refractivity contribution < 1.29 is 9.59 Å². The molecule has 0 aliphatic heterocycles. The summed E-state index contributed by atoms with van der Waals surface area (Å²) in [7, 11) is 0. The van der Waals surface area contributed by atoms with E-state index in [2.05, 4.69) is 6.58 Å². The second-order valence-electron chi connectivity index (χ2n) is 2.51. The van der Waals surface area contributed by atoms with Crippen molar-refractivity contribution in [2.45, 2.75) is 19.8 Å². The minimum Gasteiger partial charge on any atom is -0.332 e. The van der Waals surface area contributed by atoms with Crippen LogP contribution in [0.25, 0.3) is 0 Å². The minimum atomic E-state index is -0.171. The lowest BCUT2D eigenvalue weighted by Gasteiger charge is -2.17. The number of rotatable bonds is 6. The Hall–Kier alpha value is -1.12. The van der Waals surface area contributed by atoms with Gasteiger partial charge in [-0.25, -0.2) is 0 Å². The van der Waals surface area contributed by atoms with Gasteiger partial charge in [-0.05, 0) is 12.5 Å². The molecule has 1 amide bonds. The summed E-state index contributed by atoms with van der Waals surface area (Å²) in [5.74, 6) is -0.171. The predicted octanol–water partition coefficient (Wildman–Crippen LogP) is 1.00. The molecule has 0 radical (unpaired) electrons. The Bertz CT molecular complexity index is 166. The zero-order chi connectivity index (χ0) is 9.40. The average molecular weight is 169 g/mol. The predicted molar refractivity (Wildman–Crippen MR) is 47.7 cm³/mol. The van der Waals surface area contributed by atoms with E-state index in [1.54, 1.807) is 0 Å². The van der Waals surface area contributed by atoms with Crippen molar-refractivity contribution in [1.82, 2.24) is 4.90 Å². The highest BCUT2D eigenvalue weighted by Crippen LogP contribution is 1.95. The van der Waals surface area contributed by atoms with Crippen LogP contribution in [0.15, 0.2) is 12.7 Å². The third-order valence-electron chi connectivity index (χ3n) is 1.56. The van der Waals surface area contributed by atoms with E-state index in [4.69, 9.17) is 0 Å². The van der Waals surface area contributed by atoms with Crippen LogP contribution in [-0.2, 0) is 9.59 Å². The molecule has 0 bridgehead atoms. The minimum absolute atomic E-state index is 0.171. The van der Waals surface area contributed by atoms with Crippen LogP contribution in [0.2, 0.25) is 0 Å². The number of carbonyl (C=O) groups is 2. The Morgan fingerprint density at radius 2 is 2.25 bits per heavy atom. The summed E-state index contributed by atoms with van der Waals surface area (Å²) in [5.41, 5.74) is 0. The van der Waals surface area contributed by atoms with Gasteiger partial charge in [-0.1, -0.05) is 19.9 Å². The van der Waals surface area contributed by atoms with Gasteiger partial charge in [-0.3, -0.25) is 4.79 Å². The maximum Gasteiger partial charge on any atom is 0.246 e. The van der Waals surface area contributed by atoms with Crippen molar-refractivity contribution in [3.05, 3.63) is 12.7 Å². The Balaban J connectivity index is 3.92. The number of hydrogen-bond acceptors (Lipinski definition) is 2. The highest BCUT2D eigenvalue weighted by Gasteiger charge is 2.07. The summed E-state index contributed by atoms with van der Waals surface area (Å²) in [5, 5.41) is 0. The van der Waals surface area contributed by atoms with Gasteiger partial charge in [0.05, 0.1) is 6.54 Å². The summed E-state index contributed by atoms with van der Waals surface area (Å²) < 4.78 is 0. The van der Waals surface area contributed by atoms with E-state index in [9.17, 15) is 9.59 Å². The lowest BCUT2D eigenvalue weighted by molar-refractivity contribution is -0.128. The molecule has 0 N–H and O–H groups in total. The van der Waals surface area contributed by atoms with Crippen LogP contribution in [0.3, 0.4) is 0 Å². The molecular weight excluding hydrogens is 154 g/mol. The molecule has 0 aromatic heterocycles. The van der Waals surface area contributed by atoms with E-state index >= 15 is 0 Å². The van der Waals surface area contributed by atoms with E-state index in [0.717, 1.165) is 19.1 Å². The molecule has 0 aromatic carbocycles. The topological polar surface area (TPSA) is 37.4 Å². The van der Waals surface area contributed by atoms with Crippen LogP contribution in [0.1, 0.15) is 19.8 Å². The first-order chi connectivity index (χ1) is 5.76. The number of unbranched alkanes of at least 4 members (excludes halogenated alkanes) is 1. The molecule has 0 fully saturated rings. The SMILES string of the molecule is C=CC(=O)N(CC=O)CCCC. The highest BCUT2D eigenvalue weighted by molar-refractivity contribution is 5.88. The zero-order valence-electron chi connectivity index (χ0n) is 7.45. The fourth-order valence-corrected chi connectivity index (χ4v) is 0.859. The third kappa shape index (κ3) is 3.91. The van der Waals surface area contributed by atoms with Gasteiger partial charge in [0.2, 0.25) is 5.91 Å². The first-order valence-corrected chi connectivity index (χ1v) is 4.11. The van der Waals surface area contributed by atoms with Gasteiger partial charge in [0.15, 0.2) is 0 Å². The average Bonchev–Trinajstić information content (AvgIpc) is 2.11. The number of nitrogens with zero attached hydrogens (tertiary/aromatic N) is 1. The second-order valence-corrected chi connectivity index (χ2v) is 2.51. The highest BCUT2D eigenvalue weighted by atomic mass is 16.2. The molecule has 0 unspecified atom stereocenters. The lowest BCUT2D eigenvalue weighted by atomic mass is 10.3. The molecule has 0 aromatic rings. The van der Waals surface area contributed by atoms with Crippen LogP contribution in [0.5, 0.6) is 0 Å². The quantitative estimate of drug-likeness (QED) is 0.439. The maximum absolute atomic E-state index is 11.1. The van der Waals surface area contributed by atoms with Gasteiger partial charge in [0.1, 0.15) is 6.29 Å². The molecule has 0 heterocycles. The molecule has 0 saturated carbocycles. The van der Waals surface area contributed by atoms with Crippen molar-refractivity contribution in [3.63, 3.8) is 0 Å². The molecule has 0 rings (SSSR count). The molecule has 0 aliphatic rings. The number of hydrogen-bond donors (Lipinski definition) is 0. The molecule has 3 nitrogen and oxygen atoms in total. The van der Waals surface area contributed by atoms with Gasteiger partial charge in [0.25, 0.3) is 0 Å². The zero-order valence-corrected chi connectivity index (χ0v) is 7.45. The van der Waals surface area contributed by atoms with E-state index in [-0.39, 0.29) is 12.5 Å². The molecule has 0 saturated heterocycles. The van der Waals surface area contributed by atoms with E-state index < -0.39 is 0 Å². The second kappa shape index (κ2) is 6.58. The maximum atomic E-state index is 11.1. The summed E-state index contributed by atoms with van der Waals surface area (Å²) >= 11 is 0. The largest absolute Gasteiger partial charge is 0.332 e. The summed E-state index contributed by atoms with van der Waals surface area (Å²) in [6, 6.07) is 0. The van der Waals surface area contributed by atoms with Crippen molar-refractivity contribution in [3.8, 4) is 0 Å². The van der Waals surface area contributed by atoms with Crippen LogP contribution in [-0.4, -0.2) is 30.2 Å². The molecule has 12 heavy (non-hydrogen) atoms.